The van der Waals surface area contributed by atoms with E-state index in [1.165, 1.54) is 9.36 Å². The highest BCUT2D eigenvalue weighted by Crippen LogP contribution is 2.32. The molecule has 0 spiro atoms. The molecule has 2 aromatic carbocycles. The molecule has 8 heteroatoms. The van der Waals surface area contributed by atoms with Gasteiger partial charge < -0.3 is 9.47 Å². The van der Waals surface area contributed by atoms with Gasteiger partial charge in [0, 0.05) is 35.5 Å². The Kier molecular flexibility index (Phi) is 6.02. The highest BCUT2D eigenvalue weighted by atomic mass is 16.5. The average Bonchev–Trinajstić information content (AvgIpc) is 3.15. The maximum atomic E-state index is 12.4. The van der Waals surface area contributed by atoms with Gasteiger partial charge in [-0.25, -0.2) is 9.78 Å². The Balaban J connectivity index is 1.64. The summed E-state index contributed by atoms with van der Waals surface area (Å²) in [4.78, 5) is 17.0. The molecule has 0 aliphatic carbocycles. The number of nitrogens with zero attached hydrogens (tertiary/aromatic N) is 5. The molecule has 2 heterocycles. The van der Waals surface area contributed by atoms with Gasteiger partial charge in [0.1, 0.15) is 12.4 Å². The molecule has 0 N–H and O–H groups in total. The molecule has 0 radical (unpaired) electrons. The van der Waals surface area contributed by atoms with Crippen molar-refractivity contribution >= 4 is 0 Å². The number of tetrazole rings is 1. The molecule has 0 aliphatic heterocycles. The van der Waals surface area contributed by atoms with Gasteiger partial charge in [0.2, 0.25) is 5.88 Å². The molecular weight excluding hydrogens is 406 g/mol. The van der Waals surface area contributed by atoms with E-state index in [4.69, 9.17) is 9.47 Å². The molecule has 0 bridgehead atoms. The van der Waals surface area contributed by atoms with Crippen molar-refractivity contribution in [1.29, 1.82) is 0 Å². The van der Waals surface area contributed by atoms with Crippen molar-refractivity contribution in [2.45, 2.75) is 26.9 Å². The van der Waals surface area contributed by atoms with Crippen molar-refractivity contribution in [1.82, 2.24) is 24.8 Å². The van der Waals surface area contributed by atoms with Crippen LogP contribution in [-0.2, 0) is 20.1 Å². The third-order valence-electron chi connectivity index (χ3n) is 5.40. The van der Waals surface area contributed by atoms with Gasteiger partial charge in [-0.2, -0.15) is 9.36 Å². The van der Waals surface area contributed by atoms with Crippen LogP contribution < -0.4 is 15.2 Å². The van der Waals surface area contributed by atoms with E-state index in [9.17, 15) is 4.79 Å². The summed E-state index contributed by atoms with van der Waals surface area (Å²) < 4.78 is 14.0. The van der Waals surface area contributed by atoms with E-state index in [1.807, 2.05) is 61.5 Å². The first kappa shape index (κ1) is 21.3. The van der Waals surface area contributed by atoms with Crippen LogP contribution in [0.3, 0.4) is 0 Å². The Labute approximate surface area is 186 Å². The topological polar surface area (TPSA) is 84.1 Å². The third kappa shape index (κ3) is 3.99. The summed E-state index contributed by atoms with van der Waals surface area (Å²) in [5, 5.41) is 7.81. The van der Waals surface area contributed by atoms with Crippen molar-refractivity contribution in [3.8, 4) is 28.4 Å². The van der Waals surface area contributed by atoms with Crippen LogP contribution in [0, 0.1) is 6.92 Å². The lowest BCUT2D eigenvalue weighted by atomic mass is 10.0. The fourth-order valence-electron chi connectivity index (χ4n) is 3.70. The van der Waals surface area contributed by atoms with E-state index in [1.54, 1.807) is 14.2 Å². The van der Waals surface area contributed by atoms with Crippen molar-refractivity contribution in [2.75, 3.05) is 7.11 Å². The fourth-order valence-corrected chi connectivity index (χ4v) is 3.70. The maximum Gasteiger partial charge on any atom is 0.368 e. The summed E-state index contributed by atoms with van der Waals surface area (Å²) in [7, 11) is 3.23. The van der Waals surface area contributed by atoms with E-state index in [0.29, 0.717) is 11.6 Å². The number of rotatable bonds is 7. The number of aromatic nitrogens is 5. The molecule has 4 rings (SSSR count). The van der Waals surface area contributed by atoms with E-state index in [0.717, 1.165) is 40.1 Å². The van der Waals surface area contributed by atoms with Gasteiger partial charge in [-0.05, 0) is 47.5 Å². The normalized spacial score (nSPS) is 10.9. The molecule has 0 aliphatic rings. The Morgan fingerprint density at radius 3 is 2.47 bits per heavy atom. The number of aryl methyl sites for hydroxylation is 3. The van der Waals surface area contributed by atoms with Crippen LogP contribution in [-0.4, -0.2) is 31.9 Å². The van der Waals surface area contributed by atoms with Crippen molar-refractivity contribution < 1.29 is 9.47 Å². The summed E-state index contributed by atoms with van der Waals surface area (Å²) in [6, 6.07) is 17.4. The van der Waals surface area contributed by atoms with E-state index < -0.39 is 0 Å². The molecule has 8 nitrogen and oxygen atoms in total. The molecular formula is C24H25N5O3. The van der Waals surface area contributed by atoms with Crippen LogP contribution >= 0.6 is 0 Å². The second-order valence-corrected chi connectivity index (χ2v) is 7.34. The Bertz CT molecular complexity index is 1310. The quantitative estimate of drug-likeness (QED) is 0.445. The number of pyridine rings is 1. The Morgan fingerprint density at radius 1 is 0.969 bits per heavy atom. The lowest BCUT2D eigenvalue weighted by molar-refractivity contribution is 0.291. The van der Waals surface area contributed by atoms with Crippen molar-refractivity contribution in [3.05, 3.63) is 81.9 Å². The van der Waals surface area contributed by atoms with Crippen LogP contribution in [0.2, 0.25) is 0 Å². The van der Waals surface area contributed by atoms with E-state index >= 15 is 0 Å². The molecule has 0 amide bonds. The van der Waals surface area contributed by atoms with Crippen LogP contribution in [0.1, 0.15) is 23.7 Å². The largest absolute Gasteiger partial charge is 0.496 e. The molecule has 32 heavy (non-hydrogen) atoms. The minimum absolute atomic E-state index is 0.253. The number of hydrogen-bond acceptors (Lipinski definition) is 6. The average molecular weight is 431 g/mol. The first-order valence-electron chi connectivity index (χ1n) is 10.4. The lowest BCUT2D eigenvalue weighted by Gasteiger charge is -2.15. The Morgan fingerprint density at radius 2 is 1.78 bits per heavy atom. The summed E-state index contributed by atoms with van der Waals surface area (Å²) in [5.41, 5.74) is 5.09. The zero-order chi connectivity index (χ0) is 22.7. The van der Waals surface area contributed by atoms with Crippen LogP contribution in [0.5, 0.6) is 11.6 Å². The minimum Gasteiger partial charge on any atom is -0.496 e. The summed E-state index contributed by atoms with van der Waals surface area (Å²) in [6.45, 7) is 4.26. The van der Waals surface area contributed by atoms with Crippen molar-refractivity contribution in [2.24, 2.45) is 7.05 Å². The molecule has 2 aromatic heterocycles. The standard InChI is InChI=1S/C24H25N5O3/c1-5-17-9-8-11-21(29-24(30)28(3)26-27-29)20(17)15-32-23-14-13-18(16(2)25-23)19-10-6-7-12-22(19)31-4/h6-14H,5,15H2,1-4H3. The van der Waals surface area contributed by atoms with Gasteiger partial charge in [0.15, 0.2) is 0 Å². The van der Waals surface area contributed by atoms with Gasteiger partial charge in [-0.1, -0.05) is 37.3 Å². The summed E-state index contributed by atoms with van der Waals surface area (Å²) >= 11 is 0. The zero-order valence-corrected chi connectivity index (χ0v) is 18.6. The third-order valence-corrected chi connectivity index (χ3v) is 5.40. The molecule has 0 saturated carbocycles. The zero-order valence-electron chi connectivity index (χ0n) is 18.6. The smallest absolute Gasteiger partial charge is 0.368 e. The van der Waals surface area contributed by atoms with Gasteiger partial charge in [0.25, 0.3) is 0 Å². The van der Waals surface area contributed by atoms with Crippen molar-refractivity contribution in [3.63, 3.8) is 0 Å². The van der Waals surface area contributed by atoms with Gasteiger partial charge in [-0.15, -0.1) is 0 Å². The van der Waals surface area contributed by atoms with E-state index in [2.05, 4.69) is 22.3 Å². The minimum atomic E-state index is -0.311. The number of para-hydroxylation sites is 1. The van der Waals surface area contributed by atoms with Crippen LogP contribution in [0.25, 0.3) is 16.8 Å². The van der Waals surface area contributed by atoms with Crippen LogP contribution in [0.15, 0.2) is 59.4 Å². The molecule has 0 atom stereocenters. The molecule has 4 aromatic rings. The highest BCUT2D eigenvalue weighted by Gasteiger charge is 2.15. The second-order valence-electron chi connectivity index (χ2n) is 7.34. The number of methoxy groups -OCH3 is 1. The monoisotopic (exact) mass is 431 g/mol. The number of ether oxygens (including phenoxy) is 2. The maximum absolute atomic E-state index is 12.4. The predicted octanol–water partition coefficient (Wildman–Crippen LogP) is 3.49. The SMILES string of the molecule is CCc1cccc(-n2nnn(C)c2=O)c1COc1ccc(-c2ccccc2OC)c(C)n1. The van der Waals surface area contributed by atoms with Gasteiger partial charge >= 0.3 is 5.69 Å². The molecule has 164 valence electrons. The first-order chi connectivity index (χ1) is 15.5. The van der Waals surface area contributed by atoms with E-state index in [-0.39, 0.29) is 12.3 Å². The lowest BCUT2D eigenvalue weighted by Crippen LogP contribution is -2.23. The summed E-state index contributed by atoms with van der Waals surface area (Å²) in [6.07, 6.45) is 0.792. The fraction of sp³-hybridized carbons (Fsp3) is 0.250. The molecule has 0 saturated heterocycles. The predicted molar refractivity (Wildman–Crippen MR) is 121 cm³/mol. The first-order valence-corrected chi connectivity index (χ1v) is 10.4. The highest BCUT2D eigenvalue weighted by molar-refractivity contribution is 5.72. The second kappa shape index (κ2) is 9.05. The van der Waals surface area contributed by atoms with Gasteiger partial charge in [-0.3, -0.25) is 0 Å². The summed E-state index contributed by atoms with van der Waals surface area (Å²) in [5.74, 6) is 1.30. The Hall–Kier alpha value is -3.94. The molecule has 0 fully saturated rings. The van der Waals surface area contributed by atoms with Crippen LogP contribution in [0.4, 0.5) is 0 Å². The number of hydrogen-bond donors (Lipinski definition) is 0. The van der Waals surface area contributed by atoms with Gasteiger partial charge in [0.05, 0.1) is 12.8 Å². The molecule has 0 unspecified atom stereocenters. The number of benzene rings is 2.